The first kappa shape index (κ1) is 24.2. The molecule has 0 saturated carbocycles. The van der Waals surface area contributed by atoms with Crippen molar-refractivity contribution in [2.24, 2.45) is 11.5 Å². The van der Waals surface area contributed by atoms with Crippen molar-refractivity contribution in [3.8, 4) is 11.1 Å². The second-order valence-corrected chi connectivity index (χ2v) is 9.41. The molecule has 0 aromatic heterocycles. The van der Waals surface area contributed by atoms with Crippen molar-refractivity contribution in [3.05, 3.63) is 82.4 Å². The number of anilines is 2. The molecule has 6 N–H and O–H groups in total. The summed E-state index contributed by atoms with van der Waals surface area (Å²) in [5, 5.41) is 0.0893. The third-order valence-corrected chi connectivity index (χ3v) is 5.86. The van der Waals surface area contributed by atoms with Crippen LogP contribution in [0.25, 0.3) is 11.1 Å². The summed E-state index contributed by atoms with van der Waals surface area (Å²) < 4.78 is 0. The molecule has 0 atom stereocenters. The van der Waals surface area contributed by atoms with E-state index >= 15 is 0 Å². The van der Waals surface area contributed by atoms with Gasteiger partial charge in [-0.3, -0.25) is 14.5 Å². The van der Waals surface area contributed by atoms with Crippen LogP contribution in [0.2, 0.25) is 5.02 Å². The van der Waals surface area contributed by atoms with Crippen LogP contribution >= 0.6 is 23.8 Å². The van der Waals surface area contributed by atoms with Gasteiger partial charge >= 0.3 is 0 Å². The van der Waals surface area contributed by atoms with Crippen LogP contribution in [0.1, 0.15) is 47.1 Å². The summed E-state index contributed by atoms with van der Waals surface area (Å²) in [6.45, 7) is 6.29. The van der Waals surface area contributed by atoms with Crippen LogP contribution in [0.3, 0.4) is 0 Å². The largest absolute Gasteiger partial charge is 0.398 e. The van der Waals surface area contributed by atoms with Gasteiger partial charge in [0, 0.05) is 22.4 Å². The van der Waals surface area contributed by atoms with E-state index in [0.717, 1.165) is 5.56 Å². The normalized spacial score (nSPS) is 11.2. The molecule has 0 spiro atoms. The third kappa shape index (κ3) is 4.99. The number of carbonyl (C=O) groups excluding carboxylic acids is 2. The Labute approximate surface area is 203 Å². The summed E-state index contributed by atoms with van der Waals surface area (Å²) >= 11 is 11.5. The zero-order chi connectivity index (χ0) is 24.5. The Morgan fingerprint density at radius 1 is 0.939 bits per heavy atom. The summed E-state index contributed by atoms with van der Waals surface area (Å²) in [5.74, 6) is -1.01. The number of benzene rings is 3. The van der Waals surface area contributed by atoms with Crippen LogP contribution < -0.4 is 22.1 Å². The minimum absolute atomic E-state index is 0.0399. The third-order valence-electron chi connectivity index (χ3n) is 5.27. The second kappa shape index (κ2) is 9.21. The Hall–Kier alpha value is -3.42. The maximum atomic E-state index is 13.2. The van der Waals surface area contributed by atoms with Gasteiger partial charge in [-0.2, -0.15) is 0 Å². The van der Waals surface area contributed by atoms with Crippen LogP contribution in [-0.2, 0) is 5.41 Å². The van der Waals surface area contributed by atoms with Crippen LogP contribution in [0, 0.1) is 0 Å². The Balaban J connectivity index is 2.00. The number of primary amides is 1. The molecule has 0 radical (unpaired) electrons. The lowest BCUT2D eigenvalue weighted by atomic mass is 9.86. The first-order valence-electron chi connectivity index (χ1n) is 10.1. The van der Waals surface area contributed by atoms with Gasteiger partial charge in [-0.05, 0) is 53.5 Å². The molecule has 0 heterocycles. The smallest absolute Gasteiger partial charge is 0.264 e. The predicted octanol–water partition coefficient (Wildman–Crippen LogP) is 4.88. The van der Waals surface area contributed by atoms with Crippen LogP contribution in [-0.4, -0.2) is 16.9 Å². The molecule has 8 heteroatoms. The minimum atomic E-state index is -0.639. The number of amides is 2. The Kier molecular flexibility index (Phi) is 6.76. The molecule has 0 aliphatic carbocycles. The highest BCUT2D eigenvalue weighted by Gasteiger charge is 2.23. The fourth-order valence-electron chi connectivity index (χ4n) is 3.45. The van der Waals surface area contributed by atoms with Crippen LogP contribution in [0.5, 0.6) is 0 Å². The van der Waals surface area contributed by atoms with E-state index in [1.807, 2.05) is 12.1 Å². The molecule has 0 aliphatic rings. The highest BCUT2D eigenvalue weighted by atomic mass is 35.5. The predicted molar refractivity (Wildman–Crippen MR) is 139 cm³/mol. The summed E-state index contributed by atoms with van der Waals surface area (Å²) in [7, 11) is 0. The molecular weight excluding hydrogens is 456 g/mol. The van der Waals surface area contributed by atoms with Crippen molar-refractivity contribution in [2.45, 2.75) is 26.2 Å². The standard InChI is InChI=1S/C25H25ClN4O2S/c1-25(2,3)15-9-7-14(8-10-15)23(32)30(24(29)33)16-11-12-17(20(27)13-16)18-5-4-6-19(21(18)26)22(28)31/h4-13H,27H2,1-3H3,(H2,28,31)(H2,29,33). The lowest BCUT2D eigenvalue weighted by Crippen LogP contribution is -2.40. The topological polar surface area (TPSA) is 115 Å². The Morgan fingerprint density at radius 2 is 1.58 bits per heavy atom. The minimum Gasteiger partial charge on any atom is -0.398 e. The summed E-state index contributed by atoms with van der Waals surface area (Å²) in [5.41, 5.74) is 21.2. The number of nitrogens with two attached hydrogens (primary N) is 3. The summed E-state index contributed by atoms with van der Waals surface area (Å²) in [6, 6.07) is 17.2. The van der Waals surface area contributed by atoms with Gasteiger partial charge in [0.25, 0.3) is 5.91 Å². The lowest BCUT2D eigenvalue weighted by molar-refractivity contribution is 0.0993. The van der Waals surface area contributed by atoms with E-state index in [0.29, 0.717) is 28.1 Å². The number of hydrogen-bond donors (Lipinski definition) is 3. The number of nitrogen functional groups attached to an aromatic ring is 1. The van der Waals surface area contributed by atoms with Crippen molar-refractivity contribution in [1.82, 2.24) is 0 Å². The fourth-order valence-corrected chi connectivity index (χ4v) is 3.96. The molecule has 0 fully saturated rings. The zero-order valence-electron chi connectivity index (χ0n) is 18.6. The number of nitrogens with zero attached hydrogens (tertiary/aromatic N) is 1. The summed E-state index contributed by atoms with van der Waals surface area (Å²) in [6.07, 6.45) is 0. The zero-order valence-corrected chi connectivity index (χ0v) is 20.1. The van der Waals surface area contributed by atoms with E-state index in [9.17, 15) is 9.59 Å². The van der Waals surface area contributed by atoms with Crippen molar-refractivity contribution >= 4 is 52.1 Å². The monoisotopic (exact) mass is 480 g/mol. The molecule has 33 heavy (non-hydrogen) atoms. The molecule has 3 aromatic carbocycles. The highest BCUT2D eigenvalue weighted by molar-refractivity contribution is 7.80. The van der Waals surface area contributed by atoms with E-state index < -0.39 is 5.91 Å². The van der Waals surface area contributed by atoms with Gasteiger partial charge in [0.1, 0.15) is 0 Å². The van der Waals surface area contributed by atoms with Gasteiger partial charge in [-0.25, -0.2) is 0 Å². The van der Waals surface area contributed by atoms with Gasteiger partial charge < -0.3 is 17.2 Å². The molecule has 0 bridgehead atoms. The van der Waals surface area contributed by atoms with E-state index in [-0.39, 0.29) is 27.0 Å². The first-order chi connectivity index (χ1) is 15.4. The first-order valence-corrected chi connectivity index (χ1v) is 10.9. The quantitative estimate of drug-likeness (QED) is 0.363. The van der Waals surface area contributed by atoms with Gasteiger partial charge in [0.05, 0.1) is 16.3 Å². The van der Waals surface area contributed by atoms with Crippen molar-refractivity contribution < 1.29 is 9.59 Å². The lowest BCUT2D eigenvalue weighted by Gasteiger charge is -2.23. The number of rotatable bonds is 4. The van der Waals surface area contributed by atoms with Gasteiger partial charge in [0.15, 0.2) is 5.11 Å². The maximum absolute atomic E-state index is 13.2. The Bertz CT molecular complexity index is 1250. The van der Waals surface area contributed by atoms with Crippen LogP contribution in [0.15, 0.2) is 60.7 Å². The van der Waals surface area contributed by atoms with Gasteiger partial charge in [-0.15, -0.1) is 0 Å². The number of halogens is 1. The molecule has 3 aromatic rings. The van der Waals surface area contributed by atoms with E-state index in [1.165, 1.54) is 11.0 Å². The average Bonchev–Trinajstić information content (AvgIpc) is 2.73. The number of carbonyl (C=O) groups is 2. The maximum Gasteiger partial charge on any atom is 0.264 e. The molecule has 3 rings (SSSR count). The van der Waals surface area contributed by atoms with Gasteiger partial charge in [0.2, 0.25) is 5.91 Å². The Morgan fingerprint density at radius 3 is 2.09 bits per heavy atom. The van der Waals surface area contributed by atoms with Crippen molar-refractivity contribution in [2.75, 3.05) is 10.6 Å². The van der Waals surface area contributed by atoms with E-state index in [1.54, 1.807) is 42.5 Å². The van der Waals surface area contributed by atoms with E-state index in [4.69, 9.17) is 41.0 Å². The van der Waals surface area contributed by atoms with Crippen molar-refractivity contribution in [1.29, 1.82) is 0 Å². The SMILES string of the molecule is CC(C)(C)c1ccc(C(=O)N(C(N)=S)c2ccc(-c3cccc(C(N)=O)c3Cl)c(N)c2)cc1. The molecular formula is C25H25ClN4O2S. The van der Waals surface area contributed by atoms with Crippen LogP contribution in [0.4, 0.5) is 11.4 Å². The fraction of sp³-hybridized carbons (Fsp3) is 0.160. The molecule has 170 valence electrons. The van der Waals surface area contributed by atoms with E-state index in [2.05, 4.69) is 20.8 Å². The molecule has 0 aliphatic heterocycles. The number of thiocarbonyl (C=S) groups is 1. The highest BCUT2D eigenvalue weighted by Crippen LogP contribution is 2.36. The summed E-state index contributed by atoms with van der Waals surface area (Å²) in [4.78, 5) is 26.1. The average molecular weight is 481 g/mol. The molecule has 0 saturated heterocycles. The molecule has 0 unspecified atom stereocenters. The molecule has 2 amide bonds. The molecule has 6 nitrogen and oxygen atoms in total. The number of hydrogen-bond acceptors (Lipinski definition) is 4. The second-order valence-electron chi connectivity index (χ2n) is 8.61. The van der Waals surface area contributed by atoms with Gasteiger partial charge in [-0.1, -0.05) is 62.7 Å². The van der Waals surface area contributed by atoms with Crippen molar-refractivity contribution in [3.63, 3.8) is 0 Å².